The van der Waals surface area contributed by atoms with E-state index in [1.54, 1.807) is 24.3 Å². The number of aliphatic hydroxyl groups excluding tert-OH is 1. The zero-order valence-corrected chi connectivity index (χ0v) is 17.1. The van der Waals surface area contributed by atoms with E-state index in [-0.39, 0.29) is 18.4 Å². The highest BCUT2D eigenvalue weighted by Gasteiger charge is 2.10. The van der Waals surface area contributed by atoms with Gasteiger partial charge in [0.05, 0.1) is 0 Å². The first kappa shape index (κ1) is 22.1. The smallest absolute Gasteiger partial charge is 0.164 e. The van der Waals surface area contributed by atoms with Gasteiger partial charge in [-0.1, -0.05) is 30.3 Å². The quantitative estimate of drug-likeness (QED) is 0.551. The van der Waals surface area contributed by atoms with Crippen molar-refractivity contribution in [3.8, 4) is 5.75 Å². The van der Waals surface area contributed by atoms with E-state index in [1.807, 2.05) is 37.2 Å². The summed E-state index contributed by atoms with van der Waals surface area (Å²) in [5.74, 6) is 0.775. The van der Waals surface area contributed by atoms with Gasteiger partial charge >= 0.3 is 0 Å². The maximum atomic E-state index is 12.1. The van der Waals surface area contributed by atoms with Crippen LogP contribution in [0.2, 0.25) is 0 Å². The molecule has 0 aliphatic carbocycles. The van der Waals surface area contributed by atoms with E-state index in [1.165, 1.54) is 5.56 Å². The number of benzene rings is 2. The molecule has 0 radical (unpaired) electrons. The van der Waals surface area contributed by atoms with Gasteiger partial charge in [0, 0.05) is 31.1 Å². The summed E-state index contributed by atoms with van der Waals surface area (Å²) in [7, 11) is 3.90. The Kier molecular flexibility index (Phi) is 9.14. The van der Waals surface area contributed by atoms with Crippen molar-refractivity contribution < 1.29 is 14.6 Å². The second-order valence-corrected chi connectivity index (χ2v) is 7.46. The van der Waals surface area contributed by atoms with Gasteiger partial charge in [-0.3, -0.25) is 4.79 Å². The van der Waals surface area contributed by atoms with Crippen molar-refractivity contribution in [2.24, 2.45) is 0 Å². The third kappa shape index (κ3) is 8.21. The normalized spacial score (nSPS) is 13.3. The summed E-state index contributed by atoms with van der Waals surface area (Å²) in [5, 5.41) is 13.5. The second kappa shape index (κ2) is 11.6. The lowest BCUT2D eigenvalue weighted by Crippen LogP contribution is -2.37. The van der Waals surface area contributed by atoms with Gasteiger partial charge in [-0.25, -0.2) is 0 Å². The van der Waals surface area contributed by atoms with Gasteiger partial charge in [0.1, 0.15) is 18.5 Å². The monoisotopic (exact) mass is 384 g/mol. The van der Waals surface area contributed by atoms with Crippen molar-refractivity contribution >= 4 is 5.78 Å². The van der Waals surface area contributed by atoms with Crippen LogP contribution in [0.4, 0.5) is 0 Å². The van der Waals surface area contributed by atoms with Gasteiger partial charge in [-0.05, 0) is 57.3 Å². The van der Waals surface area contributed by atoms with E-state index in [0.29, 0.717) is 24.3 Å². The molecule has 0 fully saturated rings. The lowest BCUT2D eigenvalue weighted by Gasteiger charge is -2.18. The Hall–Kier alpha value is -2.21. The average Bonchev–Trinajstić information content (AvgIpc) is 2.70. The molecule has 0 heterocycles. The van der Waals surface area contributed by atoms with Crippen LogP contribution in [-0.4, -0.2) is 61.7 Å². The molecule has 2 aromatic carbocycles. The minimum Gasteiger partial charge on any atom is -0.491 e. The van der Waals surface area contributed by atoms with Crippen LogP contribution in [0.1, 0.15) is 29.3 Å². The Morgan fingerprint density at radius 1 is 1.11 bits per heavy atom. The van der Waals surface area contributed by atoms with E-state index >= 15 is 0 Å². The number of ether oxygens (including phenoxy) is 1. The molecule has 28 heavy (non-hydrogen) atoms. The third-order valence-corrected chi connectivity index (χ3v) is 4.49. The minimum atomic E-state index is -0.598. The number of hydrogen-bond donors (Lipinski definition) is 2. The largest absolute Gasteiger partial charge is 0.491 e. The molecule has 0 bridgehead atoms. The Balaban J connectivity index is 1.69. The van der Waals surface area contributed by atoms with Crippen LogP contribution < -0.4 is 10.1 Å². The summed E-state index contributed by atoms with van der Waals surface area (Å²) in [6.45, 7) is 3.51. The maximum Gasteiger partial charge on any atom is 0.164 e. The van der Waals surface area contributed by atoms with E-state index in [0.717, 1.165) is 13.0 Å². The topological polar surface area (TPSA) is 61.8 Å². The predicted molar refractivity (Wildman–Crippen MR) is 113 cm³/mol. The molecule has 5 heteroatoms. The summed E-state index contributed by atoms with van der Waals surface area (Å²) in [4.78, 5) is 14.1. The van der Waals surface area contributed by atoms with Crippen molar-refractivity contribution in [1.82, 2.24) is 10.2 Å². The number of nitrogens with one attached hydrogen (secondary N) is 1. The Morgan fingerprint density at radius 2 is 1.79 bits per heavy atom. The molecule has 0 aliphatic heterocycles. The molecular weight excluding hydrogens is 352 g/mol. The van der Waals surface area contributed by atoms with Gasteiger partial charge in [-0.2, -0.15) is 0 Å². The summed E-state index contributed by atoms with van der Waals surface area (Å²) in [5.41, 5.74) is 1.96. The first-order valence-corrected chi connectivity index (χ1v) is 9.80. The fourth-order valence-electron chi connectivity index (χ4n) is 2.83. The number of ketones is 1. The molecule has 0 saturated heterocycles. The van der Waals surface area contributed by atoms with E-state index in [2.05, 4.69) is 24.4 Å². The van der Waals surface area contributed by atoms with Gasteiger partial charge in [0.25, 0.3) is 0 Å². The molecule has 2 N–H and O–H groups in total. The highest BCUT2D eigenvalue weighted by molar-refractivity contribution is 5.96. The van der Waals surface area contributed by atoms with E-state index in [9.17, 15) is 9.90 Å². The van der Waals surface area contributed by atoms with Crippen molar-refractivity contribution in [2.45, 2.75) is 31.9 Å². The summed E-state index contributed by atoms with van der Waals surface area (Å²) in [6.07, 6.45) is 0.816. The molecule has 2 unspecified atom stereocenters. The zero-order valence-electron chi connectivity index (χ0n) is 17.1. The molecule has 0 aliphatic rings. The van der Waals surface area contributed by atoms with E-state index in [4.69, 9.17) is 4.74 Å². The number of Topliss-reactive ketones (excluding diaryl/α,β-unsaturated/α-hetero) is 1. The van der Waals surface area contributed by atoms with E-state index < -0.39 is 6.10 Å². The second-order valence-electron chi connectivity index (χ2n) is 7.46. The number of carbonyl (C=O) groups excluding carboxylic acids is 1. The molecule has 2 atom stereocenters. The average molecular weight is 385 g/mol. The number of nitrogens with zero attached hydrogens (tertiary/aromatic N) is 1. The number of hydrogen-bond acceptors (Lipinski definition) is 5. The molecular formula is C23H32N2O3. The van der Waals surface area contributed by atoms with Gasteiger partial charge < -0.3 is 20.1 Å². The molecule has 152 valence electrons. The fraction of sp³-hybridized carbons (Fsp3) is 0.435. The highest BCUT2D eigenvalue weighted by atomic mass is 16.5. The Labute approximate surface area is 168 Å². The molecule has 0 aromatic heterocycles. The third-order valence-electron chi connectivity index (χ3n) is 4.49. The summed E-state index contributed by atoms with van der Waals surface area (Å²) >= 11 is 0. The maximum absolute atomic E-state index is 12.1. The van der Waals surface area contributed by atoms with Crippen LogP contribution in [0.5, 0.6) is 5.75 Å². The zero-order chi connectivity index (χ0) is 20.4. The SMILES string of the molecule is CC(Cc1ccccc1)NCC(O)COc1ccc(C(=O)CCN(C)C)cc1. The lowest BCUT2D eigenvalue weighted by atomic mass is 10.1. The van der Waals surface area contributed by atoms with Gasteiger partial charge in [0.2, 0.25) is 0 Å². The van der Waals surface area contributed by atoms with Gasteiger partial charge in [0.15, 0.2) is 5.78 Å². The summed E-state index contributed by atoms with van der Waals surface area (Å²) < 4.78 is 5.64. The Morgan fingerprint density at radius 3 is 2.43 bits per heavy atom. The van der Waals surface area contributed by atoms with Crippen molar-refractivity contribution in [1.29, 1.82) is 0 Å². The van der Waals surface area contributed by atoms with Crippen LogP contribution in [0.15, 0.2) is 54.6 Å². The lowest BCUT2D eigenvalue weighted by molar-refractivity contribution is 0.0971. The van der Waals surface area contributed by atoms with Crippen molar-refractivity contribution in [3.63, 3.8) is 0 Å². The molecule has 2 aromatic rings. The standard InChI is InChI=1S/C23H32N2O3/c1-18(15-19-7-5-4-6-8-19)24-16-21(26)17-28-22-11-9-20(10-12-22)23(27)13-14-25(2)3/h4-12,18,21,24,26H,13-17H2,1-3H3. The Bertz CT molecular complexity index is 702. The minimum absolute atomic E-state index is 0.122. The van der Waals surface area contributed by atoms with Crippen LogP contribution in [0.3, 0.4) is 0 Å². The molecule has 0 saturated carbocycles. The number of carbonyl (C=O) groups is 1. The predicted octanol–water partition coefficient (Wildman–Crippen LogP) is 2.78. The molecule has 0 spiro atoms. The molecule has 2 rings (SSSR count). The fourth-order valence-corrected chi connectivity index (χ4v) is 2.83. The molecule has 0 amide bonds. The van der Waals surface area contributed by atoms with Crippen LogP contribution in [0, 0.1) is 0 Å². The van der Waals surface area contributed by atoms with Crippen LogP contribution in [-0.2, 0) is 6.42 Å². The first-order valence-electron chi connectivity index (χ1n) is 9.80. The highest BCUT2D eigenvalue weighted by Crippen LogP contribution is 2.14. The molecule has 5 nitrogen and oxygen atoms in total. The van der Waals surface area contributed by atoms with Crippen LogP contribution >= 0.6 is 0 Å². The number of rotatable bonds is 12. The van der Waals surface area contributed by atoms with Crippen molar-refractivity contribution in [2.75, 3.05) is 33.8 Å². The first-order chi connectivity index (χ1) is 13.4. The van der Waals surface area contributed by atoms with Crippen molar-refractivity contribution in [3.05, 3.63) is 65.7 Å². The summed E-state index contributed by atoms with van der Waals surface area (Å²) in [6, 6.07) is 17.7. The number of aliphatic hydroxyl groups is 1. The van der Waals surface area contributed by atoms with Crippen LogP contribution in [0.25, 0.3) is 0 Å². The van der Waals surface area contributed by atoms with Gasteiger partial charge in [-0.15, -0.1) is 0 Å².